The third-order valence-corrected chi connectivity index (χ3v) is 4.49. The van der Waals surface area contributed by atoms with Gasteiger partial charge in [0, 0.05) is 11.5 Å². The average molecular weight is 351 g/mol. The molecule has 1 saturated heterocycles. The molecule has 0 bridgehead atoms. The Balaban J connectivity index is 0.00000208. The lowest BCUT2D eigenvalue weighted by Gasteiger charge is -2.34. The van der Waals surface area contributed by atoms with E-state index in [9.17, 15) is 14.5 Å². The van der Waals surface area contributed by atoms with E-state index in [0.717, 1.165) is 12.1 Å². The molecule has 1 aliphatic heterocycles. The molecule has 1 aliphatic rings. The Bertz CT molecular complexity index is 684. The molecule has 0 radical (unpaired) electrons. The molecule has 24 heavy (non-hydrogen) atoms. The molecular formula is C18H20ClFN2O2. The molecule has 2 atom stereocenters. The van der Waals surface area contributed by atoms with Gasteiger partial charge in [0.25, 0.3) is 0 Å². The van der Waals surface area contributed by atoms with Crippen LogP contribution in [-0.4, -0.2) is 29.0 Å². The van der Waals surface area contributed by atoms with E-state index < -0.39 is 6.04 Å². The number of rotatable bonds is 4. The lowest BCUT2D eigenvalue weighted by atomic mass is 9.85. The number of hydrogen-bond acceptors (Lipinski definition) is 3. The Morgan fingerprint density at radius 3 is 2.46 bits per heavy atom. The van der Waals surface area contributed by atoms with E-state index in [0.29, 0.717) is 25.1 Å². The van der Waals surface area contributed by atoms with E-state index in [-0.39, 0.29) is 29.1 Å². The minimum atomic E-state index is -0.774. The summed E-state index contributed by atoms with van der Waals surface area (Å²) in [6.45, 7) is 1.77. The van der Waals surface area contributed by atoms with Gasteiger partial charge in [-0.05, 0) is 30.2 Å². The van der Waals surface area contributed by atoms with Crippen LogP contribution in [0.2, 0.25) is 0 Å². The van der Waals surface area contributed by atoms with Crippen molar-refractivity contribution >= 4 is 12.4 Å². The number of nitro groups is 1. The molecule has 0 saturated carbocycles. The van der Waals surface area contributed by atoms with Crippen molar-refractivity contribution < 1.29 is 9.31 Å². The number of hydrogen-bond donors (Lipinski definition) is 0. The molecule has 0 amide bonds. The molecule has 0 spiro atoms. The summed E-state index contributed by atoms with van der Waals surface area (Å²) < 4.78 is 14.0. The highest BCUT2D eigenvalue weighted by atomic mass is 35.5. The van der Waals surface area contributed by atoms with Crippen molar-refractivity contribution in [3.63, 3.8) is 0 Å². The Morgan fingerprint density at radius 1 is 1.12 bits per heavy atom. The van der Waals surface area contributed by atoms with Crippen LogP contribution in [-0.2, 0) is 6.54 Å². The average Bonchev–Trinajstić information content (AvgIpc) is 2.56. The van der Waals surface area contributed by atoms with Crippen molar-refractivity contribution in [1.82, 2.24) is 4.90 Å². The normalized spacial score (nSPS) is 21.0. The van der Waals surface area contributed by atoms with Gasteiger partial charge in [-0.25, -0.2) is 4.39 Å². The topological polar surface area (TPSA) is 46.4 Å². The monoisotopic (exact) mass is 350 g/mol. The highest BCUT2D eigenvalue weighted by Gasteiger charge is 2.39. The van der Waals surface area contributed by atoms with Gasteiger partial charge in [-0.15, -0.1) is 12.4 Å². The van der Waals surface area contributed by atoms with E-state index in [1.807, 2.05) is 30.3 Å². The third-order valence-electron chi connectivity index (χ3n) is 4.49. The molecule has 0 aliphatic carbocycles. The Hall–Kier alpha value is -1.98. The van der Waals surface area contributed by atoms with E-state index >= 15 is 0 Å². The summed E-state index contributed by atoms with van der Waals surface area (Å²) in [4.78, 5) is 13.3. The van der Waals surface area contributed by atoms with Gasteiger partial charge in [-0.1, -0.05) is 48.5 Å². The van der Waals surface area contributed by atoms with Crippen LogP contribution in [0.4, 0.5) is 4.39 Å². The molecule has 4 nitrogen and oxygen atoms in total. The molecule has 0 aromatic heterocycles. The lowest BCUT2D eigenvalue weighted by Crippen LogP contribution is -2.46. The van der Waals surface area contributed by atoms with Crippen LogP contribution < -0.4 is 0 Å². The van der Waals surface area contributed by atoms with Crippen LogP contribution >= 0.6 is 12.4 Å². The van der Waals surface area contributed by atoms with Crippen LogP contribution in [0, 0.1) is 15.9 Å². The SMILES string of the molecule is Cl.O=[N+]([O-])[C@H]1CN(Cc2ccccc2)CC[C@@H]1c1ccccc1F. The van der Waals surface area contributed by atoms with Gasteiger partial charge in [-0.2, -0.15) is 0 Å². The van der Waals surface area contributed by atoms with E-state index in [4.69, 9.17) is 0 Å². The summed E-state index contributed by atoms with van der Waals surface area (Å²) in [5.41, 5.74) is 1.60. The fourth-order valence-corrected chi connectivity index (χ4v) is 3.33. The maximum atomic E-state index is 14.0. The first-order chi connectivity index (χ1) is 11.1. The smallest absolute Gasteiger partial charge is 0.232 e. The van der Waals surface area contributed by atoms with Crippen LogP contribution in [0.15, 0.2) is 54.6 Å². The molecule has 1 heterocycles. The largest absolute Gasteiger partial charge is 0.292 e. The minimum Gasteiger partial charge on any atom is -0.292 e. The van der Waals surface area contributed by atoms with Crippen LogP contribution in [0.5, 0.6) is 0 Å². The first kappa shape index (κ1) is 18.4. The summed E-state index contributed by atoms with van der Waals surface area (Å²) in [5, 5.41) is 11.5. The highest BCUT2D eigenvalue weighted by Crippen LogP contribution is 2.32. The molecule has 1 fully saturated rings. The standard InChI is InChI=1S/C18H19FN2O2.ClH/c19-17-9-5-4-8-15(17)16-10-11-20(13-18(16)21(22)23)12-14-6-2-1-3-7-14;/h1-9,16,18H,10-13H2;1H/t16-,18+;/m1./s1. The fourth-order valence-electron chi connectivity index (χ4n) is 3.33. The summed E-state index contributed by atoms with van der Waals surface area (Å²) in [6, 6.07) is 15.5. The van der Waals surface area contributed by atoms with Crippen molar-refractivity contribution in [2.75, 3.05) is 13.1 Å². The van der Waals surface area contributed by atoms with Crippen LogP contribution in [0.25, 0.3) is 0 Å². The predicted molar refractivity (Wildman–Crippen MR) is 93.5 cm³/mol. The first-order valence-corrected chi connectivity index (χ1v) is 7.79. The van der Waals surface area contributed by atoms with Crippen molar-refractivity contribution in [2.45, 2.75) is 24.9 Å². The Labute approximate surface area is 146 Å². The number of likely N-dealkylation sites (tertiary alicyclic amines) is 1. The van der Waals surface area contributed by atoms with Gasteiger partial charge >= 0.3 is 0 Å². The van der Waals surface area contributed by atoms with Crippen LogP contribution in [0.1, 0.15) is 23.5 Å². The Morgan fingerprint density at radius 2 is 1.79 bits per heavy atom. The van der Waals surface area contributed by atoms with Gasteiger partial charge in [0.05, 0.1) is 12.5 Å². The van der Waals surface area contributed by atoms with Gasteiger partial charge in [0.15, 0.2) is 0 Å². The second kappa shape index (κ2) is 8.22. The lowest BCUT2D eigenvalue weighted by molar-refractivity contribution is -0.530. The predicted octanol–water partition coefficient (Wildman–Crippen LogP) is 3.88. The summed E-state index contributed by atoms with van der Waals surface area (Å²) in [5.74, 6) is -0.709. The number of benzene rings is 2. The summed E-state index contributed by atoms with van der Waals surface area (Å²) >= 11 is 0. The second-order valence-corrected chi connectivity index (χ2v) is 5.99. The van der Waals surface area contributed by atoms with Crippen molar-refractivity contribution in [3.8, 4) is 0 Å². The van der Waals surface area contributed by atoms with E-state index in [1.165, 1.54) is 6.07 Å². The molecule has 0 unspecified atom stereocenters. The van der Waals surface area contributed by atoms with Gasteiger partial charge in [0.2, 0.25) is 6.04 Å². The maximum absolute atomic E-state index is 14.0. The zero-order valence-electron chi connectivity index (χ0n) is 13.2. The van der Waals surface area contributed by atoms with Gasteiger partial charge in [-0.3, -0.25) is 15.0 Å². The first-order valence-electron chi connectivity index (χ1n) is 7.79. The zero-order chi connectivity index (χ0) is 16.2. The quantitative estimate of drug-likeness (QED) is 0.621. The summed E-state index contributed by atoms with van der Waals surface area (Å²) in [6.07, 6.45) is 0.597. The van der Waals surface area contributed by atoms with E-state index in [2.05, 4.69) is 4.90 Å². The van der Waals surface area contributed by atoms with E-state index in [1.54, 1.807) is 18.2 Å². The highest BCUT2D eigenvalue weighted by molar-refractivity contribution is 5.85. The Kier molecular flexibility index (Phi) is 6.29. The number of nitrogens with zero attached hydrogens (tertiary/aromatic N) is 2. The third kappa shape index (κ3) is 4.10. The number of halogens is 2. The maximum Gasteiger partial charge on any atom is 0.232 e. The zero-order valence-corrected chi connectivity index (χ0v) is 14.0. The van der Waals surface area contributed by atoms with Crippen molar-refractivity contribution in [3.05, 3.63) is 81.7 Å². The molecular weight excluding hydrogens is 331 g/mol. The minimum absolute atomic E-state index is 0. The van der Waals surface area contributed by atoms with Gasteiger partial charge in [0.1, 0.15) is 5.82 Å². The molecule has 2 aromatic carbocycles. The van der Waals surface area contributed by atoms with Crippen molar-refractivity contribution in [1.29, 1.82) is 0 Å². The molecule has 6 heteroatoms. The second-order valence-electron chi connectivity index (χ2n) is 5.99. The molecule has 0 N–H and O–H groups in total. The number of piperidine rings is 1. The van der Waals surface area contributed by atoms with Crippen LogP contribution in [0.3, 0.4) is 0 Å². The fraction of sp³-hybridized carbons (Fsp3) is 0.333. The summed E-state index contributed by atoms with van der Waals surface area (Å²) in [7, 11) is 0. The molecule has 128 valence electrons. The molecule has 2 aromatic rings. The molecule has 3 rings (SSSR count). The van der Waals surface area contributed by atoms with Crippen molar-refractivity contribution in [2.24, 2.45) is 0 Å². The van der Waals surface area contributed by atoms with Gasteiger partial charge < -0.3 is 0 Å².